The van der Waals surface area contributed by atoms with Crippen LogP contribution in [0.15, 0.2) is 54.7 Å². The summed E-state index contributed by atoms with van der Waals surface area (Å²) >= 11 is 6.09. The molecule has 3 aromatic rings. The molecule has 1 amide bonds. The number of halogens is 1. The predicted molar refractivity (Wildman–Crippen MR) is 106 cm³/mol. The van der Waals surface area contributed by atoms with Crippen molar-refractivity contribution in [3.05, 3.63) is 76.6 Å². The number of nitrogens with one attached hydrogen (secondary N) is 2. The van der Waals surface area contributed by atoms with Crippen molar-refractivity contribution >= 4 is 29.1 Å². The summed E-state index contributed by atoms with van der Waals surface area (Å²) in [6.45, 7) is 2.38. The van der Waals surface area contributed by atoms with Gasteiger partial charge in [0, 0.05) is 23.5 Å². The molecule has 0 bridgehead atoms. The van der Waals surface area contributed by atoms with Crippen LogP contribution in [0.1, 0.15) is 21.6 Å². The minimum Gasteiger partial charge on any atom is -0.497 e. The Bertz CT molecular complexity index is 945. The third-order valence-electron chi connectivity index (χ3n) is 4.01. The molecule has 0 aliphatic heterocycles. The number of carbonyl (C=O) groups is 1. The molecule has 138 valence electrons. The first-order valence-corrected chi connectivity index (χ1v) is 8.71. The second kappa shape index (κ2) is 8.51. The van der Waals surface area contributed by atoms with E-state index in [-0.39, 0.29) is 11.6 Å². The maximum absolute atomic E-state index is 12.5. The Morgan fingerprint density at radius 1 is 1.15 bits per heavy atom. The number of benzene rings is 2. The molecule has 1 heterocycles. The first-order valence-electron chi connectivity index (χ1n) is 8.33. The lowest BCUT2D eigenvalue weighted by molar-refractivity contribution is 0.102. The van der Waals surface area contributed by atoms with Gasteiger partial charge in [-0.15, -0.1) is 0 Å². The molecule has 0 unspecified atom stereocenters. The van der Waals surface area contributed by atoms with E-state index in [2.05, 4.69) is 20.6 Å². The number of nitrogens with zero attached hydrogens (tertiary/aromatic N) is 2. The summed E-state index contributed by atoms with van der Waals surface area (Å²) < 4.78 is 5.14. The van der Waals surface area contributed by atoms with Crippen LogP contribution in [0, 0.1) is 6.92 Å². The summed E-state index contributed by atoms with van der Waals surface area (Å²) in [5.41, 5.74) is 2.77. The smallest absolute Gasteiger partial charge is 0.274 e. The largest absolute Gasteiger partial charge is 0.497 e. The SMILES string of the molecule is COc1ccc(CNc2nccc(C(=O)Nc3cccc(Cl)c3C)n2)cc1. The molecular weight excluding hydrogens is 364 g/mol. The van der Waals surface area contributed by atoms with E-state index in [4.69, 9.17) is 16.3 Å². The van der Waals surface area contributed by atoms with Crippen molar-refractivity contribution in [1.82, 2.24) is 9.97 Å². The zero-order chi connectivity index (χ0) is 19.2. The van der Waals surface area contributed by atoms with Crippen LogP contribution in [0.3, 0.4) is 0 Å². The van der Waals surface area contributed by atoms with E-state index in [9.17, 15) is 4.79 Å². The predicted octanol–water partition coefficient (Wildman–Crippen LogP) is 4.31. The number of methoxy groups -OCH3 is 1. The average Bonchev–Trinajstić information content (AvgIpc) is 2.70. The van der Waals surface area contributed by atoms with E-state index in [1.54, 1.807) is 37.6 Å². The minimum atomic E-state index is -0.324. The van der Waals surface area contributed by atoms with Gasteiger partial charge < -0.3 is 15.4 Å². The second-order valence-corrected chi connectivity index (χ2v) is 6.24. The molecule has 3 rings (SSSR count). The van der Waals surface area contributed by atoms with Crippen molar-refractivity contribution in [2.24, 2.45) is 0 Å². The van der Waals surface area contributed by atoms with Gasteiger partial charge in [-0.1, -0.05) is 29.8 Å². The molecule has 0 spiro atoms. The highest BCUT2D eigenvalue weighted by molar-refractivity contribution is 6.31. The Kier molecular flexibility index (Phi) is 5.88. The Morgan fingerprint density at radius 3 is 2.67 bits per heavy atom. The van der Waals surface area contributed by atoms with Crippen molar-refractivity contribution in [3.63, 3.8) is 0 Å². The zero-order valence-electron chi connectivity index (χ0n) is 15.0. The summed E-state index contributed by atoms with van der Waals surface area (Å²) in [6, 6.07) is 14.6. The maximum atomic E-state index is 12.5. The van der Waals surface area contributed by atoms with E-state index >= 15 is 0 Å². The van der Waals surface area contributed by atoms with Crippen molar-refractivity contribution in [1.29, 1.82) is 0 Å². The fourth-order valence-corrected chi connectivity index (χ4v) is 2.60. The van der Waals surface area contributed by atoms with Gasteiger partial charge in [0.2, 0.25) is 5.95 Å². The zero-order valence-corrected chi connectivity index (χ0v) is 15.7. The Hall–Kier alpha value is -3.12. The van der Waals surface area contributed by atoms with Crippen molar-refractivity contribution < 1.29 is 9.53 Å². The van der Waals surface area contributed by atoms with Crippen LogP contribution in [-0.2, 0) is 6.54 Å². The number of aromatic nitrogens is 2. The number of carbonyl (C=O) groups excluding carboxylic acids is 1. The summed E-state index contributed by atoms with van der Waals surface area (Å²) in [5, 5.41) is 6.53. The molecule has 2 aromatic carbocycles. The summed E-state index contributed by atoms with van der Waals surface area (Å²) in [4.78, 5) is 20.9. The van der Waals surface area contributed by atoms with Crippen LogP contribution >= 0.6 is 11.6 Å². The lowest BCUT2D eigenvalue weighted by atomic mass is 10.2. The summed E-state index contributed by atoms with van der Waals surface area (Å²) in [7, 11) is 1.63. The quantitative estimate of drug-likeness (QED) is 0.664. The molecule has 27 heavy (non-hydrogen) atoms. The average molecular weight is 383 g/mol. The van der Waals surface area contributed by atoms with Gasteiger partial charge in [0.15, 0.2) is 0 Å². The van der Waals surface area contributed by atoms with Crippen molar-refractivity contribution in [2.45, 2.75) is 13.5 Å². The second-order valence-electron chi connectivity index (χ2n) is 5.83. The number of ether oxygens (including phenoxy) is 1. The van der Waals surface area contributed by atoms with Gasteiger partial charge in [-0.3, -0.25) is 4.79 Å². The van der Waals surface area contributed by atoms with Gasteiger partial charge in [-0.2, -0.15) is 0 Å². The first kappa shape index (κ1) is 18.7. The first-order chi connectivity index (χ1) is 13.1. The van der Waals surface area contributed by atoms with Crippen LogP contribution in [0.2, 0.25) is 5.02 Å². The topological polar surface area (TPSA) is 76.1 Å². The highest BCUT2D eigenvalue weighted by Crippen LogP contribution is 2.23. The molecule has 6 nitrogen and oxygen atoms in total. The van der Waals surface area contributed by atoms with Gasteiger partial charge in [0.25, 0.3) is 5.91 Å². The van der Waals surface area contributed by atoms with E-state index in [0.717, 1.165) is 16.9 Å². The van der Waals surface area contributed by atoms with Crippen LogP contribution in [0.4, 0.5) is 11.6 Å². The van der Waals surface area contributed by atoms with E-state index in [1.807, 2.05) is 31.2 Å². The highest BCUT2D eigenvalue weighted by Gasteiger charge is 2.11. The minimum absolute atomic E-state index is 0.265. The Labute approximate surface area is 162 Å². The van der Waals surface area contributed by atoms with Crippen LogP contribution in [0.25, 0.3) is 0 Å². The Balaban J connectivity index is 1.67. The molecule has 1 aromatic heterocycles. The lowest BCUT2D eigenvalue weighted by Crippen LogP contribution is -2.16. The summed E-state index contributed by atoms with van der Waals surface area (Å²) in [5.74, 6) is 0.849. The van der Waals surface area contributed by atoms with Gasteiger partial charge in [-0.05, 0) is 48.4 Å². The highest BCUT2D eigenvalue weighted by atomic mass is 35.5. The summed E-state index contributed by atoms with van der Waals surface area (Å²) in [6.07, 6.45) is 1.54. The number of amides is 1. The van der Waals surface area contributed by atoms with E-state index in [1.165, 1.54) is 0 Å². The Morgan fingerprint density at radius 2 is 1.93 bits per heavy atom. The monoisotopic (exact) mass is 382 g/mol. The number of hydrogen-bond acceptors (Lipinski definition) is 5. The molecule has 0 aliphatic carbocycles. The van der Waals surface area contributed by atoms with Crippen LogP contribution < -0.4 is 15.4 Å². The molecule has 0 radical (unpaired) electrons. The molecule has 0 aliphatic rings. The van der Waals surface area contributed by atoms with Gasteiger partial charge in [0.1, 0.15) is 11.4 Å². The van der Waals surface area contributed by atoms with Gasteiger partial charge >= 0.3 is 0 Å². The van der Waals surface area contributed by atoms with Crippen LogP contribution in [0.5, 0.6) is 5.75 Å². The number of hydrogen-bond donors (Lipinski definition) is 2. The third-order valence-corrected chi connectivity index (χ3v) is 4.42. The molecule has 0 atom stereocenters. The number of anilines is 2. The molecule has 7 heteroatoms. The molecule has 2 N–H and O–H groups in total. The standard InChI is InChI=1S/C20H19ClN4O2/c1-13-16(21)4-3-5-17(13)24-19(26)18-10-11-22-20(25-18)23-12-14-6-8-15(27-2)9-7-14/h3-11H,12H2,1-2H3,(H,24,26)(H,22,23,25). The van der Waals surface area contributed by atoms with E-state index in [0.29, 0.717) is 23.2 Å². The fraction of sp³-hybridized carbons (Fsp3) is 0.150. The fourth-order valence-electron chi connectivity index (χ4n) is 2.42. The molecular formula is C20H19ClN4O2. The molecule has 0 fully saturated rings. The molecule has 0 saturated carbocycles. The van der Waals surface area contributed by atoms with Gasteiger partial charge in [-0.25, -0.2) is 9.97 Å². The van der Waals surface area contributed by atoms with Crippen LogP contribution in [-0.4, -0.2) is 23.0 Å². The lowest BCUT2D eigenvalue weighted by Gasteiger charge is -2.10. The molecule has 0 saturated heterocycles. The third kappa shape index (κ3) is 4.74. The number of rotatable bonds is 6. The van der Waals surface area contributed by atoms with Crippen molar-refractivity contribution in [3.8, 4) is 5.75 Å². The van der Waals surface area contributed by atoms with Crippen molar-refractivity contribution in [2.75, 3.05) is 17.7 Å². The van der Waals surface area contributed by atoms with Gasteiger partial charge in [0.05, 0.1) is 7.11 Å². The van der Waals surface area contributed by atoms with E-state index < -0.39 is 0 Å². The maximum Gasteiger partial charge on any atom is 0.274 e. The normalized spacial score (nSPS) is 10.3.